The second-order valence-electron chi connectivity index (χ2n) is 8.26. The molecule has 3 fully saturated rings. The van der Waals surface area contributed by atoms with Crippen LogP contribution >= 0.6 is 0 Å². The van der Waals surface area contributed by atoms with Gasteiger partial charge in [-0.25, -0.2) is 21.5 Å². The van der Waals surface area contributed by atoms with Crippen molar-refractivity contribution in [1.29, 1.82) is 0 Å². The maximum absolute atomic E-state index is 13.3. The molecule has 7 heteroatoms. The van der Waals surface area contributed by atoms with Crippen LogP contribution < -0.4 is 0 Å². The lowest BCUT2D eigenvalue weighted by Crippen LogP contribution is -2.43. The highest BCUT2D eigenvalue weighted by atomic mass is 32.2. The smallest absolute Gasteiger partial charge is 0.260 e. The summed E-state index contributed by atoms with van der Waals surface area (Å²) >= 11 is 0. The molecule has 1 heterocycles. The van der Waals surface area contributed by atoms with Crippen LogP contribution in [-0.4, -0.2) is 30.4 Å². The van der Waals surface area contributed by atoms with Crippen molar-refractivity contribution in [3.63, 3.8) is 0 Å². The Kier molecular flexibility index (Phi) is 3.65. The number of carbonyl (C=O) groups is 1. The SMILES string of the molecule is CC1(C)[C@@H]2CC[C@]13CS(=O)(=O)N(C(=O)/C=C/c1ccc(F)c(F)c1)[C@@H]3C2. The van der Waals surface area contributed by atoms with Crippen LogP contribution in [0.5, 0.6) is 0 Å². The summed E-state index contributed by atoms with van der Waals surface area (Å²) in [4.78, 5) is 12.7. The first-order chi connectivity index (χ1) is 12.1. The highest BCUT2D eigenvalue weighted by Gasteiger charge is 2.72. The molecule has 1 saturated heterocycles. The Bertz CT molecular complexity index is 925. The molecule has 26 heavy (non-hydrogen) atoms. The molecular formula is C19H21F2NO3S. The monoisotopic (exact) mass is 381 g/mol. The lowest BCUT2D eigenvalue weighted by atomic mass is 9.69. The van der Waals surface area contributed by atoms with Gasteiger partial charge in [-0.1, -0.05) is 19.9 Å². The predicted molar refractivity (Wildman–Crippen MR) is 93.4 cm³/mol. The minimum absolute atomic E-state index is 0.0128. The maximum atomic E-state index is 13.3. The zero-order valence-electron chi connectivity index (χ0n) is 14.7. The first kappa shape index (κ1) is 17.6. The highest BCUT2D eigenvalue weighted by Crippen LogP contribution is 2.69. The lowest BCUT2D eigenvalue weighted by molar-refractivity contribution is -0.123. The van der Waals surface area contributed by atoms with E-state index < -0.39 is 27.6 Å². The normalized spacial score (nSPS) is 33.8. The van der Waals surface area contributed by atoms with Gasteiger partial charge >= 0.3 is 0 Å². The fourth-order valence-electron chi connectivity index (χ4n) is 5.44. The largest absolute Gasteiger partial charge is 0.269 e. The lowest BCUT2D eigenvalue weighted by Gasteiger charge is -2.36. The van der Waals surface area contributed by atoms with E-state index >= 15 is 0 Å². The van der Waals surface area contributed by atoms with E-state index in [1.54, 1.807) is 0 Å². The number of sulfonamides is 1. The Hall–Kier alpha value is -1.76. The molecule has 4 rings (SSSR count). The van der Waals surface area contributed by atoms with Crippen molar-refractivity contribution in [2.45, 2.75) is 39.2 Å². The average Bonchev–Trinajstić information content (AvgIpc) is 3.03. The highest BCUT2D eigenvalue weighted by molar-refractivity contribution is 7.90. The molecule has 4 nitrogen and oxygen atoms in total. The van der Waals surface area contributed by atoms with Crippen LogP contribution in [-0.2, 0) is 14.8 Å². The summed E-state index contributed by atoms with van der Waals surface area (Å²) in [6.07, 6.45) is 5.00. The number of amides is 1. The topological polar surface area (TPSA) is 54.5 Å². The summed E-state index contributed by atoms with van der Waals surface area (Å²) in [5, 5.41) is 0. The molecule has 0 aromatic heterocycles. The zero-order chi connectivity index (χ0) is 18.9. The molecule has 3 atom stereocenters. The summed E-state index contributed by atoms with van der Waals surface area (Å²) in [6, 6.07) is 2.98. The van der Waals surface area contributed by atoms with Crippen LogP contribution in [0.25, 0.3) is 6.08 Å². The van der Waals surface area contributed by atoms with Crippen molar-refractivity contribution < 1.29 is 22.0 Å². The molecule has 1 aliphatic heterocycles. The van der Waals surface area contributed by atoms with Crippen molar-refractivity contribution in [2.24, 2.45) is 16.7 Å². The molecule has 0 N–H and O–H groups in total. The van der Waals surface area contributed by atoms with Gasteiger partial charge in [0.2, 0.25) is 10.0 Å². The van der Waals surface area contributed by atoms with Gasteiger partial charge in [0.25, 0.3) is 5.91 Å². The second-order valence-corrected chi connectivity index (χ2v) is 10.1. The van der Waals surface area contributed by atoms with Gasteiger partial charge in [-0.3, -0.25) is 4.79 Å². The molecule has 1 spiro atoms. The van der Waals surface area contributed by atoms with Gasteiger partial charge in [0.15, 0.2) is 11.6 Å². The first-order valence-electron chi connectivity index (χ1n) is 8.78. The second kappa shape index (κ2) is 5.38. The molecule has 2 saturated carbocycles. The first-order valence-corrected chi connectivity index (χ1v) is 10.4. The minimum atomic E-state index is -3.68. The van der Waals surface area contributed by atoms with E-state index in [1.807, 2.05) is 0 Å². The molecule has 0 radical (unpaired) electrons. The van der Waals surface area contributed by atoms with Gasteiger partial charge in [-0.05, 0) is 54.4 Å². The van der Waals surface area contributed by atoms with E-state index in [-0.39, 0.29) is 22.6 Å². The molecule has 140 valence electrons. The van der Waals surface area contributed by atoms with Crippen molar-refractivity contribution in [3.8, 4) is 0 Å². The number of nitrogens with zero attached hydrogens (tertiary/aromatic N) is 1. The van der Waals surface area contributed by atoms with Gasteiger partial charge in [-0.15, -0.1) is 0 Å². The van der Waals surface area contributed by atoms with Crippen LogP contribution in [0.2, 0.25) is 0 Å². The van der Waals surface area contributed by atoms with E-state index in [2.05, 4.69) is 13.8 Å². The molecule has 3 aliphatic rings. The number of fused-ring (bicyclic) bond motifs is 1. The van der Waals surface area contributed by atoms with E-state index in [9.17, 15) is 22.0 Å². The van der Waals surface area contributed by atoms with Crippen LogP contribution in [0.3, 0.4) is 0 Å². The molecule has 1 aromatic rings. The number of rotatable bonds is 2. The summed E-state index contributed by atoms with van der Waals surface area (Å²) in [7, 11) is -3.68. The van der Waals surface area contributed by atoms with Crippen LogP contribution in [0, 0.1) is 28.4 Å². The summed E-state index contributed by atoms with van der Waals surface area (Å²) < 4.78 is 52.9. The Morgan fingerprint density at radius 1 is 1.27 bits per heavy atom. The third-order valence-corrected chi connectivity index (χ3v) is 8.90. The maximum Gasteiger partial charge on any atom is 0.260 e. The number of hydrogen-bond acceptors (Lipinski definition) is 3. The van der Waals surface area contributed by atoms with E-state index in [4.69, 9.17) is 0 Å². The van der Waals surface area contributed by atoms with Crippen molar-refractivity contribution in [2.75, 3.05) is 5.75 Å². The third kappa shape index (κ3) is 2.22. The fourth-order valence-corrected chi connectivity index (χ4v) is 7.95. The average molecular weight is 381 g/mol. The Morgan fingerprint density at radius 3 is 2.65 bits per heavy atom. The minimum Gasteiger partial charge on any atom is -0.269 e. The van der Waals surface area contributed by atoms with E-state index in [0.29, 0.717) is 17.9 Å². The van der Waals surface area contributed by atoms with Crippen LogP contribution in [0.4, 0.5) is 8.78 Å². The number of benzene rings is 1. The summed E-state index contributed by atoms with van der Waals surface area (Å²) in [5.74, 6) is -2.16. The Morgan fingerprint density at radius 2 is 2.00 bits per heavy atom. The zero-order valence-corrected chi connectivity index (χ0v) is 15.5. The quantitative estimate of drug-likeness (QED) is 0.739. The Labute approximate surface area is 151 Å². The summed E-state index contributed by atoms with van der Waals surface area (Å²) in [6.45, 7) is 4.23. The number of hydrogen-bond donors (Lipinski definition) is 0. The van der Waals surface area contributed by atoms with Crippen molar-refractivity contribution in [1.82, 2.24) is 4.31 Å². The van der Waals surface area contributed by atoms with Gasteiger partial charge in [0.05, 0.1) is 11.8 Å². The van der Waals surface area contributed by atoms with E-state index in [0.717, 1.165) is 35.4 Å². The fraction of sp³-hybridized carbons (Fsp3) is 0.526. The molecule has 1 amide bonds. The third-order valence-electron chi connectivity index (χ3n) is 6.99. The van der Waals surface area contributed by atoms with Gasteiger partial charge in [-0.2, -0.15) is 0 Å². The molecule has 1 aromatic carbocycles. The van der Waals surface area contributed by atoms with Gasteiger partial charge < -0.3 is 0 Å². The molecular weight excluding hydrogens is 360 g/mol. The van der Waals surface area contributed by atoms with Crippen LogP contribution in [0.1, 0.15) is 38.7 Å². The standard InChI is InChI=1S/C19H21F2NO3S/c1-18(2)13-7-8-19(18)11-26(24,25)22(16(19)10-13)17(23)6-4-12-3-5-14(20)15(21)9-12/h3-6,9,13,16H,7-8,10-11H2,1-2H3/b6-4+/t13-,16-,19-/m1/s1. The number of halogens is 2. The molecule has 0 unspecified atom stereocenters. The number of carbonyl (C=O) groups excluding carboxylic acids is 1. The van der Waals surface area contributed by atoms with Gasteiger partial charge in [0.1, 0.15) is 0 Å². The van der Waals surface area contributed by atoms with E-state index in [1.165, 1.54) is 12.1 Å². The van der Waals surface area contributed by atoms with Crippen molar-refractivity contribution in [3.05, 3.63) is 41.5 Å². The van der Waals surface area contributed by atoms with Gasteiger partial charge in [0, 0.05) is 11.5 Å². The molecule has 2 aliphatic carbocycles. The van der Waals surface area contributed by atoms with Crippen molar-refractivity contribution >= 4 is 22.0 Å². The summed E-state index contributed by atoms with van der Waals surface area (Å²) in [5.41, 5.74) is -0.178. The van der Waals surface area contributed by atoms with Crippen LogP contribution in [0.15, 0.2) is 24.3 Å². The predicted octanol–water partition coefficient (Wildman–Crippen LogP) is 3.34. The molecule has 2 bridgehead atoms. The Balaban J connectivity index is 1.64.